The molecule has 0 saturated carbocycles. The predicted octanol–water partition coefficient (Wildman–Crippen LogP) is 8.56. The van der Waals surface area contributed by atoms with E-state index in [0.29, 0.717) is 0 Å². The van der Waals surface area contributed by atoms with Crippen molar-refractivity contribution >= 4 is 17.9 Å². The van der Waals surface area contributed by atoms with Gasteiger partial charge in [0, 0.05) is 5.41 Å². The maximum atomic E-state index is 12.6. The number of rotatable bonds is 15. The molecule has 0 rings (SSSR count). The first-order chi connectivity index (χ1) is 17.7. The van der Waals surface area contributed by atoms with E-state index in [2.05, 4.69) is 40.7 Å². The van der Waals surface area contributed by atoms with Gasteiger partial charge in [-0.3, -0.25) is 14.4 Å². The number of carboxylic acid groups (broad SMARTS) is 3. The van der Waals surface area contributed by atoms with Crippen LogP contribution in [-0.2, 0) is 19.1 Å². The molecule has 7 heteroatoms. The quantitative estimate of drug-likeness (QED) is 0.165. The minimum atomic E-state index is -1.16. The van der Waals surface area contributed by atoms with Crippen LogP contribution in [0.5, 0.6) is 0 Å². The third-order valence-electron chi connectivity index (χ3n) is 10.9. The molecule has 0 aliphatic carbocycles. The molecule has 0 amide bonds. The Balaban J connectivity index is 7.05. The topological polar surface area (TPSA) is 121 Å². The molecule has 0 aromatic heterocycles. The van der Waals surface area contributed by atoms with E-state index in [1.165, 1.54) is 0 Å². The number of carbonyl (C=O) groups is 3. The third-order valence-corrected chi connectivity index (χ3v) is 10.9. The summed E-state index contributed by atoms with van der Waals surface area (Å²) >= 11 is 0. The first-order valence-corrected chi connectivity index (χ1v) is 14.8. The summed E-state index contributed by atoms with van der Waals surface area (Å²) in [6, 6.07) is 0. The molecule has 240 valence electrons. The van der Waals surface area contributed by atoms with E-state index in [-0.39, 0.29) is 10.8 Å². The lowest BCUT2D eigenvalue weighted by Gasteiger charge is -2.59. The molecule has 0 heterocycles. The summed E-state index contributed by atoms with van der Waals surface area (Å²) < 4.78 is 6.91. The molecule has 7 nitrogen and oxygen atoms in total. The first-order valence-electron chi connectivity index (χ1n) is 14.8. The van der Waals surface area contributed by atoms with Gasteiger partial charge in [-0.25, -0.2) is 0 Å². The maximum Gasteiger partial charge on any atom is 0.309 e. The van der Waals surface area contributed by atoms with E-state index in [1.807, 2.05) is 75.3 Å². The van der Waals surface area contributed by atoms with Crippen molar-refractivity contribution < 1.29 is 34.4 Å². The van der Waals surface area contributed by atoms with Crippen molar-refractivity contribution in [3.8, 4) is 0 Å². The minimum absolute atomic E-state index is 0.0450. The van der Waals surface area contributed by atoms with E-state index >= 15 is 0 Å². The Morgan fingerprint density at radius 1 is 0.683 bits per heavy atom. The lowest BCUT2D eigenvalue weighted by atomic mass is 9.52. The lowest BCUT2D eigenvalue weighted by molar-refractivity contribution is -0.256. The highest BCUT2D eigenvalue weighted by molar-refractivity contribution is 5.78. The molecule has 0 aromatic carbocycles. The van der Waals surface area contributed by atoms with Crippen molar-refractivity contribution in [3.63, 3.8) is 0 Å². The molecule has 0 saturated heterocycles. The number of hydrogen-bond acceptors (Lipinski definition) is 4. The average Bonchev–Trinajstić information content (AvgIpc) is 2.69. The van der Waals surface area contributed by atoms with Crippen LogP contribution < -0.4 is 0 Å². The molecule has 0 fully saturated rings. The molecule has 0 aliphatic heterocycles. The van der Waals surface area contributed by atoms with E-state index in [9.17, 15) is 29.7 Å². The Morgan fingerprint density at radius 3 is 1.44 bits per heavy atom. The van der Waals surface area contributed by atoms with Gasteiger partial charge in [0.2, 0.25) is 0 Å². The lowest BCUT2D eigenvalue weighted by Crippen LogP contribution is -2.61. The van der Waals surface area contributed by atoms with Crippen molar-refractivity contribution in [1.29, 1.82) is 0 Å². The second-order valence-corrected chi connectivity index (χ2v) is 17.2. The number of aliphatic carboxylic acids is 3. The number of allylic oxidation sites excluding steroid dienone is 2. The van der Waals surface area contributed by atoms with Crippen molar-refractivity contribution in [1.82, 2.24) is 0 Å². The fourth-order valence-corrected chi connectivity index (χ4v) is 6.33. The fourth-order valence-electron chi connectivity index (χ4n) is 6.33. The fraction of sp³-hybridized carbons (Fsp3) is 0.853. The van der Waals surface area contributed by atoms with Gasteiger partial charge in [0.05, 0.1) is 29.0 Å². The summed E-state index contributed by atoms with van der Waals surface area (Å²) in [5.41, 5.74) is -5.38. The van der Waals surface area contributed by atoms with Crippen LogP contribution in [0.15, 0.2) is 12.2 Å². The summed E-state index contributed by atoms with van der Waals surface area (Å²) in [5, 5.41) is 30.0. The zero-order chi connectivity index (χ0) is 33.4. The summed E-state index contributed by atoms with van der Waals surface area (Å²) in [7, 11) is 0. The second kappa shape index (κ2) is 12.0. The van der Waals surface area contributed by atoms with Crippen LogP contribution in [0.1, 0.15) is 131 Å². The maximum absolute atomic E-state index is 12.6. The Hall–Kier alpha value is -1.89. The van der Waals surface area contributed by atoms with Gasteiger partial charge in [-0.1, -0.05) is 88.3 Å². The highest BCUT2D eigenvalue weighted by Crippen LogP contribution is 2.58. The Morgan fingerprint density at radius 2 is 1.10 bits per heavy atom. The largest absolute Gasteiger partial charge is 0.481 e. The highest BCUT2D eigenvalue weighted by atomic mass is 16.5. The van der Waals surface area contributed by atoms with Crippen LogP contribution in [0, 0.1) is 44.3 Å². The molecule has 3 N–H and O–H groups in total. The van der Waals surface area contributed by atoms with Crippen LogP contribution >= 0.6 is 0 Å². The monoisotopic (exact) mass is 582 g/mol. The summed E-state index contributed by atoms with van der Waals surface area (Å²) in [6.45, 7) is 33.6. The summed E-state index contributed by atoms with van der Waals surface area (Å²) in [4.78, 5) is 36.7. The van der Waals surface area contributed by atoms with Crippen LogP contribution in [0.2, 0.25) is 0 Å². The minimum Gasteiger partial charge on any atom is -0.481 e. The van der Waals surface area contributed by atoms with Crippen molar-refractivity contribution in [2.75, 3.05) is 0 Å². The van der Waals surface area contributed by atoms with Crippen LogP contribution in [-0.4, -0.2) is 44.4 Å². The second-order valence-electron chi connectivity index (χ2n) is 17.2. The molecule has 0 bridgehead atoms. The summed E-state index contributed by atoms with van der Waals surface area (Å²) in [5.74, 6) is -5.03. The van der Waals surface area contributed by atoms with Gasteiger partial charge in [-0.2, -0.15) is 0 Å². The van der Waals surface area contributed by atoms with Crippen molar-refractivity contribution in [2.45, 2.75) is 142 Å². The normalized spacial score (nSPS) is 16.5. The highest BCUT2D eigenvalue weighted by Gasteiger charge is 2.59. The average molecular weight is 583 g/mol. The van der Waals surface area contributed by atoms with E-state index in [0.717, 1.165) is 6.42 Å². The third kappa shape index (κ3) is 8.58. The zero-order valence-electron chi connectivity index (χ0n) is 29.2. The van der Waals surface area contributed by atoms with Gasteiger partial charge in [0.15, 0.2) is 0 Å². The first kappa shape index (κ1) is 39.1. The Kier molecular flexibility index (Phi) is 11.5. The van der Waals surface area contributed by atoms with Gasteiger partial charge in [-0.15, -0.1) is 0 Å². The molecule has 2 unspecified atom stereocenters. The zero-order valence-corrected chi connectivity index (χ0v) is 29.2. The predicted molar refractivity (Wildman–Crippen MR) is 166 cm³/mol. The summed E-state index contributed by atoms with van der Waals surface area (Å²) in [6.07, 6.45) is 4.33. The van der Waals surface area contributed by atoms with E-state index in [4.69, 9.17) is 4.74 Å². The van der Waals surface area contributed by atoms with Crippen molar-refractivity contribution in [2.24, 2.45) is 44.3 Å². The Labute approximate surface area is 250 Å². The van der Waals surface area contributed by atoms with E-state index in [1.54, 1.807) is 13.8 Å². The molecule has 0 aromatic rings. The van der Waals surface area contributed by atoms with Crippen molar-refractivity contribution in [3.05, 3.63) is 12.2 Å². The van der Waals surface area contributed by atoms with Gasteiger partial charge in [0.1, 0.15) is 0 Å². The van der Waals surface area contributed by atoms with Crippen LogP contribution in [0.25, 0.3) is 0 Å². The Bertz CT molecular complexity index is 985. The molecule has 2 atom stereocenters. The molecular formula is C34H62O7. The molecule has 41 heavy (non-hydrogen) atoms. The number of hydrogen-bond donors (Lipinski definition) is 3. The van der Waals surface area contributed by atoms with Crippen LogP contribution in [0.4, 0.5) is 0 Å². The number of ether oxygens (including phenoxy) is 1. The number of carboxylic acids is 3. The SMILES string of the molecule is CC(C)(C)CC(C)(C)/C=C/C(C(CC(=O)O)C(=O)O)C(C)(C)C(C)(C)C(C)(C)OC(C)(C)C(C)(C)C(C)(C)C(=O)O. The molecule has 0 radical (unpaired) electrons. The van der Waals surface area contributed by atoms with Gasteiger partial charge >= 0.3 is 17.9 Å². The molecular weight excluding hydrogens is 520 g/mol. The van der Waals surface area contributed by atoms with E-state index < -0.39 is 69.0 Å². The van der Waals surface area contributed by atoms with Gasteiger partial charge in [-0.05, 0) is 75.5 Å². The van der Waals surface area contributed by atoms with Gasteiger partial charge in [0.25, 0.3) is 0 Å². The standard InChI is InChI=1S/C34H62O7/c1-27(2,3)21-28(4,5)19-18-23(22(25(37)38)20-24(35)36)29(6,7)31(10,11)33(14,15)41-34(16,17)32(12,13)30(8,9)26(39)40/h18-19,22-23H,20-21H2,1-17H3,(H,35,36)(H,37,38)(H,39,40)/b19-18+. The molecule has 0 spiro atoms. The smallest absolute Gasteiger partial charge is 0.309 e. The van der Waals surface area contributed by atoms with Gasteiger partial charge < -0.3 is 20.1 Å². The van der Waals surface area contributed by atoms with Crippen LogP contribution in [0.3, 0.4) is 0 Å². The molecule has 0 aliphatic rings.